The van der Waals surface area contributed by atoms with Crippen LogP contribution in [0.3, 0.4) is 0 Å². The van der Waals surface area contributed by atoms with Gasteiger partial charge in [-0.1, -0.05) is 13.8 Å². The molecule has 0 spiro atoms. The van der Waals surface area contributed by atoms with Gasteiger partial charge in [-0.25, -0.2) is 0 Å². The Hall–Kier alpha value is -1.59. The number of aromatic nitrogens is 3. The first-order chi connectivity index (χ1) is 11.1. The van der Waals surface area contributed by atoms with Gasteiger partial charge in [0.15, 0.2) is 5.96 Å². The summed E-state index contributed by atoms with van der Waals surface area (Å²) in [6, 6.07) is 0. The molecule has 0 saturated carbocycles. The molecule has 3 heterocycles. The van der Waals surface area contributed by atoms with Gasteiger partial charge in [-0.2, -0.15) is 0 Å². The molecule has 2 aliphatic rings. The normalized spacial score (nSPS) is 28.6. The number of hydrogen-bond donors (Lipinski definition) is 1. The molecular formula is C17H30N6. The molecule has 1 aromatic rings. The highest BCUT2D eigenvalue weighted by molar-refractivity contribution is 5.80. The highest BCUT2D eigenvalue weighted by atomic mass is 15.3. The molecule has 23 heavy (non-hydrogen) atoms. The van der Waals surface area contributed by atoms with Gasteiger partial charge in [0.25, 0.3) is 0 Å². The van der Waals surface area contributed by atoms with Crippen LogP contribution in [0, 0.1) is 24.7 Å². The molecule has 3 atom stereocenters. The molecule has 1 fully saturated rings. The van der Waals surface area contributed by atoms with Crippen molar-refractivity contribution in [3.8, 4) is 0 Å². The summed E-state index contributed by atoms with van der Waals surface area (Å²) in [5, 5.41) is 12.1. The molecule has 6 heteroatoms. The number of piperidine rings is 1. The molecule has 1 N–H and O–H groups in total. The van der Waals surface area contributed by atoms with Crippen molar-refractivity contribution in [1.29, 1.82) is 0 Å². The summed E-state index contributed by atoms with van der Waals surface area (Å²) in [5.41, 5.74) is 0. The summed E-state index contributed by atoms with van der Waals surface area (Å²) in [5.74, 6) is 5.35. The summed E-state index contributed by atoms with van der Waals surface area (Å²) in [4.78, 5) is 6.94. The summed E-state index contributed by atoms with van der Waals surface area (Å²) in [6.07, 6.45) is 3.53. The number of rotatable bonds is 2. The number of aryl methyl sites for hydroxylation is 2. The lowest BCUT2D eigenvalue weighted by Crippen LogP contribution is -2.49. The molecule has 3 unspecified atom stereocenters. The fraction of sp³-hybridized carbons (Fsp3) is 0.824. The highest BCUT2D eigenvalue weighted by Gasteiger charge is 2.25. The first kappa shape index (κ1) is 16.3. The van der Waals surface area contributed by atoms with Crippen molar-refractivity contribution in [2.45, 2.75) is 46.6 Å². The van der Waals surface area contributed by atoms with E-state index in [1.165, 1.54) is 12.8 Å². The number of fused-ring (bicyclic) bond motifs is 1. The molecule has 0 bridgehead atoms. The summed E-state index contributed by atoms with van der Waals surface area (Å²) in [6.45, 7) is 10.9. The van der Waals surface area contributed by atoms with E-state index in [1.807, 2.05) is 14.0 Å². The Morgan fingerprint density at radius 1 is 1.22 bits per heavy atom. The van der Waals surface area contributed by atoms with E-state index in [0.29, 0.717) is 5.92 Å². The molecule has 0 amide bonds. The van der Waals surface area contributed by atoms with Crippen LogP contribution in [0.5, 0.6) is 0 Å². The van der Waals surface area contributed by atoms with Gasteiger partial charge in [0.1, 0.15) is 11.6 Å². The number of aliphatic imine (C=N–C) groups is 1. The quantitative estimate of drug-likeness (QED) is 0.666. The first-order valence-corrected chi connectivity index (χ1v) is 8.91. The van der Waals surface area contributed by atoms with E-state index in [-0.39, 0.29) is 0 Å². The number of guanidine groups is 1. The second-order valence-corrected chi connectivity index (χ2v) is 7.46. The van der Waals surface area contributed by atoms with Crippen LogP contribution in [0.15, 0.2) is 4.99 Å². The van der Waals surface area contributed by atoms with Crippen LogP contribution in [-0.4, -0.2) is 52.3 Å². The molecule has 0 radical (unpaired) electrons. The third kappa shape index (κ3) is 3.67. The lowest BCUT2D eigenvalue weighted by Gasteiger charge is -2.37. The van der Waals surface area contributed by atoms with Crippen LogP contribution >= 0.6 is 0 Å². The second-order valence-electron chi connectivity index (χ2n) is 7.46. The minimum absolute atomic E-state index is 0.619. The molecule has 1 saturated heterocycles. The topological polar surface area (TPSA) is 58.3 Å². The minimum atomic E-state index is 0.619. The largest absolute Gasteiger partial charge is 0.356 e. The van der Waals surface area contributed by atoms with Crippen molar-refractivity contribution < 1.29 is 0 Å². The molecule has 6 nitrogen and oxygen atoms in total. The number of likely N-dealkylation sites (tertiary alicyclic amines) is 1. The van der Waals surface area contributed by atoms with E-state index in [4.69, 9.17) is 0 Å². The summed E-state index contributed by atoms with van der Waals surface area (Å²) in [7, 11) is 1.90. The van der Waals surface area contributed by atoms with Crippen molar-refractivity contribution >= 4 is 5.96 Å². The average Bonchev–Trinajstić information content (AvgIpc) is 2.88. The third-order valence-corrected chi connectivity index (χ3v) is 5.16. The van der Waals surface area contributed by atoms with Gasteiger partial charge in [0, 0.05) is 39.6 Å². The summed E-state index contributed by atoms with van der Waals surface area (Å²) < 4.78 is 2.27. The van der Waals surface area contributed by atoms with E-state index >= 15 is 0 Å². The smallest absolute Gasteiger partial charge is 0.193 e. The predicted molar refractivity (Wildman–Crippen MR) is 92.4 cm³/mol. The molecule has 2 aliphatic heterocycles. The van der Waals surface area contributed by atoms with E-state index in [1.54, 1.807) is 0 Å². The van der Waals surface area contributed by atoms with Crippen molar-refractivity contribution in [2.24, 2.45) is 22.7 Å². The lowest BCUT2D eigenvalue weighted by molar-refractivity contribution is 0.207. The molecular weight excluding hydrogens is 288 g/mol. The van der Waals surface area contributed by atoms with Crippen molar-refractivity contribution in [3.63, 3.8) is 0 Å². The maximum atomic E-state index is 4.52. The van der Waals surface area contributed by atoms with Crippen LogP contribution in [0.2, 0.25) is 0 Å². The maximum Gasteiger partial charge on any atom is 0.193 e. The van der Waals surface area contributed by atoms with Gasteiger partial charge in [0.2, 0.25) is 0 Å². The van der Waals surface area contributed by atoms with Crippen molar-refractivity contribution in [1.82, 2.24) is 25.0 Å². The van der Waals surface area contributed by atoms with Gasteiger partial charge in [-0.3, -0.25) is 4.99 Å². The van der Waals surface area contributed by atoms with Crippen LogP contribution in [0.4, 0.5) is 0 Å². The zero-order chi connectivity index (χ0) is 16.4. The Morgan fingerprint density at radius 3 is 2.65 bits per heavy atom. The number of nitrogens with one attached hydrogen (secondary N) is 1. The molecule has 0 aromatic carbocycles. The van der Waals surface area contributed by atoms with Crippen LogP contribution in [0.25, 0.3) is 0 Å². The molecule has 1 aromatic heterocycles. The third-order valence-electron chi connectivity index (χ3n) is 5.16. The van der Waals surface area contributed by atoms with Crippen molar-refractivity contribution in [2.75, 3.05) is 26.7 Å². The Morgan fingerprint density at radius 2 is 1.96 bits per heavy atom. The molecule has 128 valence electrons. The predicted octanol–water partition coefficient (Wildman–Crippen LogP) is 1.70. The number of nitrogens with zero attached hydrogens (tertiary/aromatic N) is 5. The Bertz CT molecular complexity index is 553. The van der Waals surface area contributed by atoms with Gasteiger partial charge in [-0.15, -0.1) is 10.2 Å². The SMILES string of the molecule is CN=C(NCC1CCc2nnc(C)n2C1)N1CC(C)CC(C)C1. The molecule has 3 rings (SSSR count). The fourth-order valence-corrected chi connectivity index (χ4v) is 4.10. The van der Waals surface area contributed by atoms with E-state index < -0.39 is 0 Å². The highest BCUT2D eigenvalue weighted by Crippen LogP contribution is 2.22. The number of hydrogen-bond acceptors (Lipinski definition) is 3. The minimum Gasteiger partial charge on any atom is -0.356 e. The van der Waals surface area contributed by atoms with Crippen LogP contribution < -0.4 is 5.32 Å². The Kier molecular flexibility index (Phi) is 4.87. The van der Waals surface area contributed by atoms with Crippen LogP contribution in [-0.2, 0) is 13.0 Å². The monoisotopic (exact) mass is 318 g/mol. The van der Waals surface area contributed by atoms with Gasteiger partial charge in [-0.05, 0) is 37.5 Å². The van der Waals surface area contributed by atoms with Gasteiger partial charge in [0.05, 0.1) is 0 Å². The molecule has 0 aliphatic carbocycles. The van der Waals surface area contributed by atoms with E-state index in [2.05, 4.69) is 43.8 Å². The lowest BCUT2D eigenvalue weighted by atomic mass is 9.92. The second kappa shape index (κ2) is 6.89. The zero-order valence-electron chi connectivity index (χ0n) is 14.9. The fourth-order valence-electron chi connectivity index (χ4n) is 4.10. The Labute approximate surface area is 139 Å². The van der Waals surface area contributed by atoms with Gasteiger partial charge < -0.3 is 14.8 Å². The first-order valence-electron chi connectivity index (χ1n) is 8.91. The zero-order valence-corrected chi connectivity index (χ0v) is 14.9. The van der Waals surface area contributed by atoms with Crippen LogP contribution in [0.1, 0.15) is 38.3 Å². The van der Waals surface area contributed by atoms with E-state index in [0.717, 1.165) is 62.0 Å². The Balaban J connectivity index is 1.56. The average molecular weight is 318 g/mol. The standard InChI is InChI=1S/C17H30N6/c1-12-7-13(2)10-22(9-12)17(18-4)19-8-15-5-6-16-21-20-14(3)23(16)11-15/h12-13,15H,5-11H2,1-4H3,(H,18,19). The van der Waals surface area contributed by atoms with Crippen molar-refractivity contribution in [3.05, 3.63) is 11.6 Å². The summed E-state index contributed by atoms with van der Waals surface area (Å²) >= 11 is 0. The maximum absolute atomic E-state index is 4.52. The van der Waals surface area contributed by atoms with E-state index in [9.17, 15) is 0 Å². The van der Waals surface area contributed by atoms with Gasteiger partial charge >= 0.3 is 0 Å².